The predicted octanol–water partition coefficient (Wildman–Crippen LogP) is 2.14. The van der Waals surface area contributed by atoms with Crippen LogP contribution in [0.3, 0.4) is 0 Å². The van der Waals surface area contributed by atoms with Gasteiger partial charge >= 0.3 is 0 Å². The molecule has 1 aliphatic rings. The maximum Gasteiger partial charge on any atom is 0.239 e. The molecular formula is C15H15N5. The summed E-state index contributed by atoms with van der Waals surface area (Å²) in [5, 5.41) is 5.39. The van der Waals surface area contributed by atoms with Crippen LogP contribution in [0, 0.1) is 0 Å². The first-order valence-corrected chi connectivity index (χ1v) is 6.83. The Bertz CT molecular complexity index is 777. The van der Waals surface area contributed by atoms with Gasteiger partial charge in [0, 0.05) is 24.5 Å². The van der Waals surface area contributed by atoms with Crippen molar-refractivity contribution < 1.29 is 0 Å². The number of aryl methyl sites for hydroxylation is 1. The van der Waals surface area contributed by atoms with Crippen molar-refractivity contribution in [1.29, 1.82) is 0 Å². The van der Waals surface area contributed by atoms with Gasteiger partial charge in [-0.3, -0.25) is 4.98 Å². The fraction of sp³-hybridized carbons (Fsp3) is 0.267. The molecule has 3 heterocycles. The first kappa shape index (κ1) is 11.4. The van der Waals surface area contributed by atoms with Crippen molar-refractivity contribution in [2.24, 2.45) is 0 Å². The zero-order chi connectivity index (χ0) is 13.5. The van der Waals surface area contributed by atoms with Crippen LogP contribution in [0.15, 0.2) is 36.5 Å². The third-order valence-electron chi connectivity index (χ3n) is 3.98. The maximum atomic E-state index is 5.67. The standard InChI is InChI=1S/C15H15N5/c16-15-18-14-9-11(5-7-20(14)19-15)10-3-4-13-12(8-10)2-1-6-17-13/h1-4,6,8,11H,5,7,9H2,(H2,16,19). The minimum atomic E-state index is 0.378. The second kappa shape index (κ2) is 4.30. The third kappa shape index (κ3) is 1.82. The molecule has 0 fully saturated rings. The van der Waals surface area contributed by atoms with Crippen LogP contribution in [0.5, 0.6) is 0 Å². The number of anilines is 1. The number of aromatic nitrogens is 4. The quantitative estimate of drug-likeness (QED) is 0.732. The van der Waals surface area contributed by atoms with Crippen LogP contribution in [0.4, 0.5) is 5.95 Å². The van der Waals surface area contributed by atoms with Gasteiger partial charge < -0.3 is 5.73 Å². The van der Waals surface area contributed by atoms with E-state index in [1.807, 2.05) is 16.9 Å². The van der Waals surface area contributed by atoms with Gasteiger partial charge in [0.2, 0.25) is 5.95 Å². The number of pyridine rings is 1. The average Bonchev–Trinajstić information content (AvgIpc) is 2.85. The van der Waals surface area contributed by atoms with Crippen molar-refractivity contribution in [2.45, 2.75) is 25.3 Å². The number of nitrogens with zero attached hydrogens (tertiary/aromatic N) is 4. The van der Waals surface area contributed by atoms with E-state index < -0.39 is 0 Å². The Morgan fingerprint density at radius 3 is 3.15 bits per heavy atom. The van der Waals surface area contributed by atoms with E-state index in [1.54, 1.807) is 0 Å². The van der Waals surface area contributed by atoms with E-state index in [0.29, 0.717) is 11.9 Å². The van der Waals surface area contributed by atoms with Crippen molar-refractivity contribution in [3.8, 4) is 0 Å². The zero-order valence-electron chi connectivity index (χ0n) is 11.0. The molecule has 5 nitrogen and oxygen atoms in total. The SMILES string of the molecule is Nc1nc2n(n1)CCC(c1ccc3ncccc3c1)C2. The molecule has 3 aromatic rings. The van der Waals surface area contributed by atoms with Crippen molar-refractivity contribution in [1.82, 2.24) is 19.7 Å². The minimum Gasteiger partial charge on any atom is -0.366 e. The smallest absolute Gasteiger partial charge is 0.239 e. The lowest BCUT2D eigenvalue weighted by molar-refractivity contribution is 0.434. The van der Waals surface area contributed by atoms with Gasteiger partial charge in [-0.15, -0.1) is 5.10 Å². The monoisotopic (exact) mass is 265 g/mol. The van der Waals surface area contributed by atoms with Gasteiger partial charge in [-0.1, -0.05) is 12.1 Å². The number of hydrogen-bond donors (Lipinski definition) is 1. The molecule has 1 unspecified atom stereocenters. The van der Waals surface area contributed by atoms with Crippen LogP contribution in [0.25, 0.3) is 10.9 Å². The number of hydrogen-bond acceptors (Lipinski definition) is 4. The summed E-state index contributed by atoms with van der Waals surface area (Å²) in [5.41, 5.74) is 8.05. The van der Waals surface area contributed by atoms with Gasteiger partial charge in [0.1, 0.15) is 5.82 Å². The zero-order valence-corrected chi connectivity index (χ0v) is 11.0. The van der Waals surface area contributed by atoms with Crippen LogP contribution in [-0.4, -0.2) is 19.7 Å². The molecule has 2 N–H and O–H groups in total. The van der Waals surface area contributed by atoms with Gasteiger partial charge in [0.05, 0.1) is 5.52 Å². The van der Waals surface area contributed by atoms with Gasteiger partial charge in [-0.25, -0.2) is 4.68 Å². The average molecular weight is 265 g/mol. The highest BCUT2D eigenvalue weighted by Crippen LogP contribution is 2.30. The summed E-state index contributed by atoms with van der Waals surface area (Å²) < 4.78 is 1.93. The summed E-state index contributed by atoms with van der Waals surface area (Å²) in [6, 6.07) is 10.6. The number of benzene rings is 1. The highest BCUT2D eigenvalue weighted by molar-refractivity contribution is 5.79. The third-order valence-corrected chi connectivity index (χ3v) is 3.98. The fourth-order valence-corrected chi connectivity index (χ4v) is 2.96. The normalized spacial score (nSPS) is 18.1. The summed E-state index contributed by atoms with van der Waals surface area (Å²) in [6.45, 7) is 0.884. The van der Waals surface area contributed by atoms with Gasteiger partial charge in [0.25, 0.3) is 0 Å². The molecule has 0 saturated carbocycles. The van der Waals surface area contributed by atoms with Crippen LogP contribution in [0.2, 0.25) is 0 Å². The summed E-state index contributed by atoms with van der Waals surface area (Å²) in [4.78, 5) is 8.67. The number of rotatable bonds is 1. The molecule has 0 aliphatic carbocycles. The van der Waals surface area contributed by atoms with Gasteiger partial charge in [0.15, 0.2) is 0 Å². The Labute approximate surface area is 116 Å². The van der Waals surface area contributed by atoms with E-state index in [0.717, 1.165) is 30.7 Å². The summed E-state index contributed by atoms with van der Waals surface area (Å²) in [6.07, 6.45) is 3.80. The molecule has 0 amide bonds. The minimum absolute atomic E-state index is 0.378. The van der Waals surface area contributed by atoms with E-state index in [9.17, 15) is 0 Å². The number of fused-ring (bicyclic) bond motifs is 2. The largest absolute Gasteiger partial charge is 0.366 e. The van der Waals surface area contributed by atoms with E-state index in [2.05, 4.69) is 39.3 Å². The summed E-state index contributed by atoms with van der Waals surface area (Å²) in [5.74, 6) is 1.85. The van der Waals surface area contributed by atoms with Gasteiger partial charge in [-0.05, 0) is 36.1 Å². The molecule has 1 aromatic carbocycles. The van der Waals surface area contributed by atoms with E-state index in [1.165, 1.54) is 10.9 Å². The Morgan fingerprint density at radius 2 is 2.20 bits per heavy atom. The van der Waals surface area contributed by atoms with Crippen LogP contribution in [0.1, 0.15) is 23.7 Å². The molecular weight excluding hydrogens is 250 g/mol. The number of nitrogens with two attached hydrogens (primary N) is 1. The Morgan fingerprint density at radius 1 is 1.25 bits per heavy atom. The summed E-state index contributed by atoms with van der Waals surface area (Å²) >= 11 is 0. The fourth-order valence-electron chi connectivity index (χ4n) is 2.96. The second-order valence-corrected chi connectivity index (χ2v) is 5.25. The van der Waals surface area contributed by atoms with Gasteiger partial charge in [-0.2, -0.15) is 4.98 Å². The van der Waals surface area contributed by atoms with E-state index >= 15 is 0 Å². The Hall–Kier alpha value is -2.43. The van der Waals surface area contributed by atoms with E-state index in [-0.39, 0.29) is 0 Å². The molecule has 0 radical (unpaired) electrons. The highest BCUT2D eigenvalue weighted by atomic mass is 15.4. The molecule has 1 aliphatic heterocycles. The number of nitrogen functional groups attached to an aromatic ring is 1. The topological polar surface area (TPSA) is 69.6 Å². The van der Waals surface area contributed by atoms with Crippen LogP contribution >= 0.6 is 0 Å². The first-order chi connectivity index (χ1) is 9.79. The molecule has 0 saturated heterocycles. The highest BCUT2D eigenvalue weighted by Gasteiger charge is 2.22. The van der Waals surface area contributed by atoms with E-state index in [4.69, 9.17) is 5.73 Å². The van der Waals surface area contributed by atoms with Crippen molar-refractivity contribution in [3.05, 3.63) is 47.9 Å². The molecule has 0 spiro atoms. The Kier molecular flexibility index (Phi) is 2.45. The molecule has 100 valence electrons. The Balaban J connectivity index is 1.70. The van der Waals surface area contributed by atoms with Crippen LogP contribution in [-0.2, 0) is 13.0 Å². The lowest BCUT2D eigenvalue weighted by Gasteiger charge is -2.22. The van der Waals surface area contributed by atoms with Crippen LogP contribution < -0.4 is 5.73 Å². The molecule has 1 atom stereocenters. The molecule has 2 aromatic heterocycles. The first-order valence-electron chi connectivity index (χ1n) is 6.83. The van der Waals surface area contributed by atoms with Crippen molar-refractivity contribution in [3.63, 3.8) is 0 Å². The predicted molar refractivity (Wildman–Crippen MR) is 77.2 cm³/mol. The lowest BCUT2D eigenvalue weighted by atomic mass is 9.89. The summed E-state index contributed by atoms with van der Waals surface area (Å²) in [7, 11) is 0. The maximum absolute atomic E-state index is 5.67. The lowest BCUT2D eigenvalue weighted by Crippen LogP contribution is -2.19. The van der Waals surface area contributed by atoms with Crippen molar-refractivity contribution >= 4 is 16.9 Å². The molecule has 4 rings (SSSR count). The second-order valence-electron chi connectivity index (χ2n) is 5.25. The molecule has 5 heteroatoms. The molecule has 0 bridgehead atoms. The molecule has 20 heavy (non-hydrogen) atoms. The van der Waals surface area contributed by atoms with Crippen molar-refractivity contribution in [2.75, 3.05) is 5.73 Å².